The van der Waals surface area contributed by atoms with Gasteiger partial charge in [-0.2, -0.15) is 0 Å². The second-order valence-corrected chi connectivity index (χ2v) is 8.48. The molecule has 0 aromatic heterocycles. The third-order valence-electron chi connectivity index (χ3n) is 5.93. The maximum atomic E-state index is 13.0. The monoisotopic (exact) mass is 459 g/mol. The maximum absolute atomic E-state index is 13.0. The van der Waals surface area contributed by atoms with Crippen molar-refractivity contribution in [3.8, 4) is 11.8 Å². The Hall–Kier alpha value is -3.40. The first kappa shape index (κ1) is 23.7. The molecule has 1 heterocycles. The van der Waals surface area contributed by atoms with Crippen LogP contribution in [-0.2, 0) is 23.8 Å². The number of esters is 1. The van der Waals surface area contributed by atoms with E-state index in [1.807, 2.05) is 66.7 Å². The van der Waals surface area contributed by atoms with Gasteiger partial charge in [0.15, 0.2) is 11.9 Å². The summed E-state index contributed by atoms with van der Waals surface area (Å²) < 4.78 is 17.0. The Kier molecular flexibility index (Phi) is 7.79. The highest BCUT2D eigenvalue weighted by atomic mass is 16.7. The van der Waals surface area contributed by atoms with E-state index in [0.29, 0.717) is 24.6 Å². The van der Waals surface area contributed by atoms with Crippen molar-refractivity contribution in [1.82, 2.24) is 0 Å². The average molecular weight is 460 g/mol. The van der Waals surface area contributed by atoms with E-state index in [9.17, 15) is 9.59 Å². The molecule has 1 aliphatic carbocycles. The second kappa shape index (κ2) is 11.1. The summed E-state index contributed by atoms with van der Waals surface area (Å²) >= 11 is 0. The number of hydrogen-bond acceptors (Lipinski definition) is 5. The summed E-state index contributed by atoms with van der Waals surface area (Å²) in [6, 6.07) is 18.6. The summed E-state index contributed by atoms with van der Waals surface area (Å²) in [4.78, 5) is 26.8. The summed E-state index contributed by atoms with van der Waals surface area (Å²) in [5, 5.41) is 0. The lowest BCUT2D eigenvalue weighted by Crippen LogP contribution is -2.35. The molecule has 2 aromatic carbocycles. The molecule has 6 heteroatoms. The Bertz CT molecular complexity index is 1020. The minimum Gasteiger partial charge on any atom is -0.446 e. The van der Waals surface area contributed by atoms with Gasteiger partial charge in [-0.1, -0.05) is 42.5 Å². The van der Waals surface area contributed by atoms with Crippen molar-refractivity contribution in [3.63, 3.8) is 0 Å². The Morgan fingerprint density at radius 1 is 1.06 bits per heavy atom. The van der Waals surface area contributed by atoms with Crippen LogP contribution < -0.4 is 4.90 Å². The Labute approximate surface area is 200 Å². The Morgan fingerprint density at radius 3 is 2.29 bits per heavy atom. The lowest BCUT2D eigenvalue weighted by molar-refractivity contribution is -0.183. The average Bonchev–Trinajstić information content (AvgIpc) is 3.30. The molecule has 0 N–H and O–H groups in total. The number of benzene rings is 2. The zero-order chi connectivity index (χ0) is 23.8. The number of rotatable bonds is 5. The van der Waals surface area contributed by atoms with Gasteiger partial charge in [0.25, 0.3) is 0 Å². The van der Waals surface area contributed by atoms with Gasteiger partial charge in [0.05, 0.1) is 13.2 Å². The van der Waals surface area contributed by atoms with E-state index < -0.39 is 23.8 Å². The zero-order valence-electron chi connectivity index (χ0n) is 19.3. The first-order valence-corrected chi connectivity index (χ1v) is 11.7. The molecule has 0 bridgehead atoms. The highest BCUT2D eigenvalue weighted by molar-refractivity contribution is 6.10. The highest BCUT2D eigenvalue weighted by Crippen LogP contribution is 2.39. The Balaban J connectivity index is 1.36. The van der Waals surface area contributed by atoms with Gasteiger partial charge in [-0.15, -0.1) is 0 Å². The van der Waals surface area contributed by atoms with Crippen molar-refractivity contribution in [2.75, 3.05) is 18.1 Å². The fourth-order valence-corrected chi connectivity index (χ4v) is 4.38. The van der Waals surface area contributed by atoms with Gasteiger partial charge < -0.3 is 14.2 Å². The predicted molar refractivity (Wildman–Crippen MR) is 129 cm³/mol. The van der Waals surface area contributed by atoms with Gasteiger partial charge in [-0.3, -0.25) is 9.69 Å². The van der Waals surface area contributed by atoms with Crippen molar-refractivity contribution in [1.29, 1.82) is 0 Å². The topological polar surface area (TPSA) is 65.1 Å². The van der Waals surface area contributed by atoms with E-state index in [-0.39, 0.29) is 5.92 Å². The number of allylic oxidation sites excluding steroid dienone is 1. The van der Waals surface area contributed by atoms with Gasteiger partial charge in [0.2, 0.25) is 0 Å². The maximum Gasteiger partial charge on any atom is 0.331 e. The minimum atomic E-state index is -0.728. The number of carbonyl (C=O) groups excluding carboxylic acids is 2. The molecule has 1 unspecified atom stereocenters. The molecule has 1 saturated heterocycles. The molecule has 176 valence electrons. The standard InChI is InChI=1S/C28H29NO5/c1-22(34-27(31)17-15-23-9-8-18-28(21-23)32-19-20-33-28)14-16-26(30)29(24-10-4-2-5-11-24)25-12-6-3-7-13-25/h2-7,10-13,15,17,22-23H,8-9,18-21H2,1H3/b17-15+/t22-,23?/m1/s1. The molecular formula is C28H29NO5. The van der Waals surface area contributed by atoms with E-state index >= 15 is 0 Å². The van der Waals surface area contributed by atoms with E-state index in [1.165, 1.54) is 11.0 Å². The molecule has 0 radical (unpaired) electrons. The van der Waals surface area contributed by atoms with Crippen molar-refractivity contribution in [2.24, 2.45) is 5.92 Å². The lowest BCUT2D eigenvalue weighted by atomic mass is 9.84. The highest BCUT2D eigenvalue weighted by Gasteiger charge is 2.40. The third-order valence-corrected chi connectivity index (χ3v) is 5.93. The van der Waals surface area contributed by atoms with Crippen LogP contribution in [0.3, 0.4) is 0 Å². The third kappa shape index (κ3) is 6.13. The van der Waals surface area contributed by atoms with Gasteiger partial charge in [0.1, 0.15) is 0 Å². The molecule has 1 saturated carbocycles. The van der Waals surface area contributed by atoms with Crippen molar-refractivity contribution in [2.45, 2.75) is 44.5 Å². The fraction of sp³-hybridized carbons (Fsp3) is 0.357. The number of ether oxygens (including phenoxy) is 3. The zero-order valence-corrected chi connectivity index (χ0v) is 19.3. The molecule has 6 nitrogen and oxygen atoms in total. The van der Waals surface area contributed by atoms with Crippen LogP contribution in [0.2, 0.25) is 0 Å². The molecule has 1 amide bonds. The molecule has 2 atom stereocenters. The van der Waals surface area contributed by atoms with Crippen molar-refractivity contribution < 1.29 is 23.8 Å². The largest absolute Gasteiger partial charge is 0.446 e. The smallest absolute Gasteiger partial charge is 0.331 e. The number of para-hydroxylation sites is 2. The van der Waals surface area contributed by atoms with E-state index in [2.05, 4.69) is 11.8 Å². The first-order valence-electron chi connectivity index (χ1n) is 11.7. The van der Waals surface area contributed by atoms with Crippen LogP contribution in [0.1, 0.15) is 32.6 Å². The fourth-order valence-electron chi connectivity index (χ4n) is 4.38. The van der Waals surface area contributed by atoms with Crippen LogP contribution in [0.5, 0.6) is 0 Å². The van der Waals surface area contributed by atoms with E-state index in [0.717, 1.165) is 25.7 Å². The van der Waals surface area contributed by atoms with Gasteiger partial charge >= 0.3 is 11.9 Å². The molecule has 34 heavy (non-hydrogen) atoms. The quantitative estimate of drug-likeness (QED) is 0.366. The molecule has 4 rings (SSSR count). The molecule has 1 spiro atoms. The van der Waals surface area contributed by atoms with E-state index in [1.54, 1.807) is 6.92 Å². The number of nitrogens with zero attached hydrogens (tertiary/aromatic N) is 1. The molecule has 2 aromatic rings. The van der Waals surface area contributed by atoms with Gasteiger partial charge in [-0.25, -0.2) is 4.79 Å². The van der Waals surface area contributed by atoms with Crippen LogP contribution in [0.4, 0.5) is 11.4 Å². The molecule has 2 aliphatic rings. The van der Waals surface area contributed by atoms with Crippen LogP contribution in [0, 0.1) is 17.8 Å². The van der Waals surface area contributed by atoms with E-state index in [4.69, 9.17) is 14.2 Å². The van der Waals surface area contributed by atoms with Crippen LogP contribution in [0.15, 0.2) is 72.8 Å². The summed E-state index contributed by atoms with van der Waals surface area (Å²) in [6.45, 7) is 2.90. The summed E-state index contributed by atoms with van der Waals surface area (Å²) in [6.07, 6.45) is 6.20. The van der Waals surface area contributed by atoms with Crippen LogP contribution in [-0.4, -0.2) is 37.0 Å². The first-order chi connectivity index (χ1) is 16.5. The Morgan fingerprint density at radius 2 is 1.68 bits per heavy atom. The normalized spacial score (nSPS) is 19.9. The molecule has 1 aliphatic heterocycles. The summed E-state index contributed by atoms with van der Waals surface area (Å²) in [5.41, 5.74) is 1.42. The SMILES string of the molecule is C[C@H](C#CC(=O)N(c1ccccc1)c1ccccc1)OC(=O)/C=C/C1CCCC2(C1)OCCO2. The van der Waals surface area contributed by atoms with Crippen molar-refractivity contribution >= 4 is 23.3 Å². The summed E-state index contributed by atoms with van der Waals surface area (Å²) in [5.74, 6) is 4.21. The number of anilines is 2. The molecular weight excluding hydrogens is 430 g/mol. The number of hydrogen-bond donors (Lipinski definition) is 0. The van der Waals surface area contributed by atoms with Crippen LogP contribution in [0.25, 0.3) is 0 Å². The molecule has 2 fully saturated rings. The number of carbonyl (C=O) groups is 2. The minimum absolute atomic E-state index is 0.202. The lowest BCUT2D eigenvalue weighted by Gasteiger charge is -2.35. The number of amides is 1. The van der Waals surface area contributed by atoms with Gasteiger partial charge in [0, 0.05) is 30.3 Å². The van der Waals surface area contributed by atoms with Crippen LogP contribution >= 0.6 is 0 Å². The van der Waals surface area contributed by atoms with Gasteiger partial charge in [-0.05, 0) is 61.8 Å². The van der Waals surface area contributed by atoms with Crippen molar-refractivity contribution in [3.05, 3.63) is 72.8 Å². The second-order valence-electron chi connectivity index (χ2n) is 8.48. The predicted octanol–water partition coefficient (Wildman–Crippen LogP) is 4.78. The summed E-state index contributed by atoms with van der Waals surface area (Å²) in [7, 11) is 0.